The van der Waals surface area contributed by atoms with Gasteiger partial charge in [-0.25, -0.2) is 4.85 Å². The molecule has 0 N–H and O–H groups in total. The summed E-state index contributed by atoms with van der Waals surface area (Å²) in [5, 5.41) is 4.90. The summed E-state index contributed by atoms with van der Waals surface area (Å²) in [6.45, 7) is 7.86. The minimum Gasteiger partial charge on any atom is -0.310 e. The molecule has 3 nitrogen and oxygen atoms in total. The molecule has 0 atom stereocenters. The van der Waals surface area contributed by atoms with Crippen LogP contribution >= 0.6 is 0 Å². The smallest absolute Gasteiger partial charge is 0.189 e. The van der Waals surface area contributed by atoms with Gasteiger partial charge in [-0.15, -0.1) is 0 Å². The summed E-state index contributed by atoms with van der Waals surface area (Å²) in [6, 6.07) is 57.9. The van der Waals surface area contributed by atoms with E-state index in [4.69, 9.17) is 6.57 Å². The van der Waals surface area contributed by atoms with Gasteiger partial charge < -0.3 is 9.13 Å². The zero-order valence-corrected chi connectivity index (χ0v) is 24.9. The van der Waals surface area contributed by atoms with Crippen LogP contribution in [0.25, 0.3) is 82.1 Å². The Balaban J connectivity index is 1.28. The first-order valence-corrected chi connectivity index (χ1v) is 15.5. The largest absolute Gasteiger partial charge is 0.310 e. The molecule has 2 aromatic heterocycles. The van der Waals surface area contributed by atoms with Gasteiger partial charge in [-0.2, -0.15) is 0 Å². The second kappa shape index (κ2) is 10.4. The second-order valence-corrected chi connectivity index (χ2v) is 11.6. The van der Waals surface area contributed by atoms with Crippen molar-refractivity contribution in [3.63, 3.8) is 0 Å². The molecule has 7 aromatic carbocycles. The maximum Gasteiger partial charge on any atom is 0.189 e. The summed E-state index contributed by atoms with van der Waals surface area (Å²) in [5.74, 6) is 0. The predicted octanol–water partition coefficient (Wildman–Crippen LogP) is 11.8. The molecule has 3 heteroatoms. The Morgan fingerprint density at radius 3 is 1.46 bits per heavy atom. The fourth-order valence-electron chi connectivity index (χ4n) is 7.17. The lowest BCUT2D eigenvalue weighted by atomic mass is 9.93. The van der Waals surface area contributed by atoms with E-state index in [0.29, 0.717) is 5.69 Å². The maximum absolute atomic E-state index is 7.86. The number of benzene rings is 7. The third-order valence-electron chi connectivity index (χ3n) is 9.14. The molecule has 0 aliphatic heterocycles. The fraction of sp³-hybridized carbons (Fsp3) is 0. The normalized spacial score (nSPS) is 11.5. The standard InChI is InChI=1S/C43H27N3/c1-44-30-25-26-38(43(28-30)46-41-23-10-6-19-36(41)37-20-7-11-24-42(37)46)33-16-3-2-15-32(33)29-13-12-14-31(27-29)45-39-21-8-4-17-34(39)35-18-5-9-22-40(35)45/h2-28H. The highest BCUT2D eigenvalue weighted by Gasteiger charge is 2.19. The summed E-state index contributed by atoms with van der Waals surface area (Å²) in [7, 11) is 0. The predicted molar refractivity (Wildman–Crippen MR) is 192 cm³/mol. The molecule has 46 heavy (non-hydrogen) atoms. The highest BCUT2D eigenvalue weighted by Crippen LogP contribution is 2.41. The molecular weight excluding hydrogens is 558 g/mol. The Morgan fingerprint density at radius 2 is 0.891 bits per heavy atom. The molecule has 0 saturated heterocycles. The van der Waals surface area contributed by atoms with E-state index in [2.05, 4.69) is 166 Å². The van der Waals surface area contributed by atoms with E-state index in [1.54, 1.807) is 0 Å². The first kappa shape index (κ1) is 26.1. The Labute approximate surface area is 266 Å². The van der Waals surface area contributed by atoms with E-state index in [1.165, 1.54) is 32.6 Å². The first-order valence-electron chi connectivity index (χ1n) is 15.5. The summed E-state index contributed by atoms with van der Waals surface area (Å²) in [6.07, 6.45) is 0. The van der Waals surface area contributed by atoms with Crippen molar-refractivity contribution in [3.05, 3.63) is 175 Å². The van der Waals surface area contributed by atoms with Crippen LogP contribution in [-0.2, 0) is 0 Å². The number of nitrogens with zero attached hydrogens (tertiary/aromatic N) is 3. The highest BCUT2D eigenvalue weighted by atomic mass is 15.0. The topological polar surface area (TPSA) is 14.2 Å². The molecule has 0 saturated carbocycles. The number of hydrogen-bond donors (Lipinski definition) is 0. The maximum atomic E-state index is 7.86. The third kappa shape index (κ3) is 3.91. The van der Waals surface area contributed by atoms with Crippen LogP contribution in [0.1, 0.15) is 0 Å². The van der Waals surface area contributed by atoms with Crippen molar-refractivity contribution in [1.29, 1.82) is 0 Å². The van der Waals surface area contributed by atoms with Crippen molar-refractivity contribution in [2.75, 3.05) is 0 Å². The van der Waals surface area contributed by atoms with E-state index in [0.717, 1.165) is 44.7 Å². The van der Waals surface area contributed by atoms with Gasteiger partial charge in [0.15, 0.2) is 5.69 Å². The molecule has 0 fully saturated rings. The number of rotatable bonds is 4. The van der Waals surface area contributed by atoms with Crippen LogP contribution < -0.4 is 0 Å². The Morgan fingerprint density at radius 1 is 0.391 bits per heavy atom. The lowest BCUT2D eigenvalue weighted by Crippen LogP contribution is -1.98. The second-order valence-electron chi connectivity index (χ2n) is 11.6. The summed E-state index contributed by atoms with van der Waals surface area (Å²) in [5.41, 5.74) is 11.8. The Kier molecular flexibility index (Phi) is 5.88. The molecule has 0 amide bonds. The quantitative estimate of drug-likeness (QED) is 0.182. The van der Waals surface area contributed by atoms with E-state index in [-0.39, 0.29) is 0 Å². The number of para-hydroxylation sites is 4. The summed E-state index contributed by atoms with van der Waals surface area (Å²) < 4.78 is 4.69. The van der Waals surface area contributed by atoms with Gasteiger partial charge >= 0.3 is 0 Å². The lowest BCUT2D eigenvalue weighted by molar-refractivity contribution is 1.18. The number of hydrogen-bond acceptors (Lipinski definition) is 0. The van der Waals surface area contributed by atoms with E-state index in [9.17, 15) is 0 Å². The van der Waals surface area contributed by atoms with Gasteiger partial charge in [0.2, 0.25) is 0 Å². The minimum atomic E-state index is 0.617. The summed E-state index contributed by atoms with van der Waals surface area (Å²) in [4.78, 5) is 3.84. The number of fused-ring (bicyclic) bond motifs is 6. The monoisotopic (exact) mass is 585 g/mol. The van der Waals surface area contributed by atoms with Crippen LogP contribution in [0.5, 0.6) is 0 Å². The third-order valence-corrected chi connectivity index (χ3v) is 9.14. The van der Waals surface area contributed by atoms with Crippen LogP contribution in [0, 0.1) is 6.57 Å². The lowest BCUT2D eigenvalue weighted by Gasteiger charge is -2.18. The molecule has 0 aliphatic carbocycles. The molecule has 9 aromatic rings. The number of aromatic nitrogens is 2. The molecule has 0 unspecified atom stereocenters. The minimum absolute atomic E-state index is 0.617. The molecule has 0 spiro atoms. The zero-order valence-electron chi connectivity index (χ0n) is 24.9. The molecule has 0 radical (unpaired) electrons. The van der Waals surface area contributed by atoms with Gasteiger partial charge in [-0.3, -0.25) is 0 Å². The van der Waals surface area contributed by atoms with Crippen molar-refractivity contribution in [1.82, 2.24) is 9.13 Å². The molecule has 9 rings (SSSR count). The van der Waals surface area contributed by atoms with Gasteiger partial charge in [0.25, 0.3) is 0 Å². The van der Waals surface area contributed by atoms with Crippen LogP contribution in [0.4, 0.5) is 5.69 Å². The van der Waals surface area contributed by atoms with Crippen LogP contribution in [0.3, 0.4) is 0 Å². The van der Waals surface area contributed by atoms with E-state index in [1.807, 2.05) is 12.1 Å². The highest BCUT2D eigenvalue weighted by molar-refractivity contribution is 6.11. The van der Waals surface area contributed by atoms with Crippen molar-refractivity contribution in [2.45, 2.75) is 0 Å². The Bertz CT molecular complexity index is 2560. The molecule has 0 aliphatic rings. The zero-order chi connectivity index (χ0) is 30.6. The first-order chi connectivity index (χ1) is 22.8. The molecular formula is C43H27N3. The van der Waals surface area contributed by atoms with Crippen molar-refractivity contribution in [2.24, 2.45) is 0 Å². The summed E-state index contributed by atoms with van der Waals surface area (Å²) >= 11 is 0. The van der Waals surface area contributed by atoms with Crippen LogP contribution in [0.15, 0.2) is 164 Å². The van der Waals surface area contributed by atoms with Gasteiger partial charge in [0.05, 0.1) is 28.6 Å². The van der Waals surface area contributed by atoms with Crippen LogP contribution in [0.2, 0.25) is 0 Å². The average Bonchev–Trinajstić information content (AvgIpc) is 3.65. The fourth-order valence-corrected chi connectivity index (χ4v) is 7.17. The van der Waals surface area contributed by atoms with Gasteiger partial charge in [-0.05, 0) is 59.2 Å². The van der Waals surface area contributed by atoms with Crippen LogP contribution in [-0.4, -0.2) is 9.13 Å². The van der Waals surface area contributed by atoms with Crippen molar-refractivity contribution < 1.29 is 0 Å². The molecule has 2 heterocycles. The SMILES string of the molecule is [C-]#[N+]c1ccc(-c2ccccc2-c2cccc(-n3c4ccccc4c4ccccc43)c2)c(-n2c3ccccc3c3ccccc32)c1. The van der Waals surface area contributed by atoms with Gasteiger partial charge in [-0.1, -0.05) is 121 Å². The Hall–Kier alpha value is -6.37. The van der Waals surface area contributed by atoms with Gasteiger partial charge in [0.1, 0.15) is 0 Å². The van der Waals surface area contributed by atoms with Crippen molar-refractivity contribution in [3.8, 4) is 33.6 Å². The van der Waals surface area contributed by atoms with Gasteiger partial charge in [0, 0.05) is 38.5 Å². The average molecular weight is 586 g/mol. The molecule has 214 valence electrons. The van der Waals surface area contributed by atoms with E-state index < -0.39 is 0 Å². The molecule has 0 bridgehead atoms. The van der Waals surface area contributed by atoms with E-state index >= 15 is 0 Å². The van der Waals surface area contributed by atoms with Crippen molar-refractivity contribution >= 4 is 49.3 Å².